The molecule has 0 aromatic carbocycles. The fraction of sp³-hybridized carbons (Fsp3) is 0.273. The van der Waals surface area contributed by atoms with E-state index in [1.807, 2.05) is 43.1 Å². The molecule has 0 saturated carbocycles. The number of hydrogen-bond donors (Lipinski definition) is 1. The molecule has 17 heavy (non-hydrogen) atoms. The van der Waals surface area contributed by atoms with Gasteiger partial charge in [0.25, 0.3) is 0 Å². The Morgan fingerprint density at radius 1 is 1.35 bits per heavy atom. The summed E-state index contributed by atoms with van der Waals surface area (Å²) in [6, 6.07) is 5.33. The summed E-state index contributed by atoms with van der Waals surface area (Å²) < 4.78 is 28.7. The van der Waals surface area contributed by atoms with Crippen molar-refractivity contribution in [1.82, 2.24) is 9.29 Å². The maximum Gasteiger partial charge on any atom is 0.250 e. The van der Waals surface area contributed by atoms with Crippen molar-refractivity contribution in [3.8, 4) is 0 Å². The number of rotatable bonds is 4. The largest absolute Gasteiger partial charge is 0.357 e. The first-order chi connectivity index (χ1) is 7.97. The number of thiophene rings is 1. The van der Waals surface area contributed by atoms with Crippen molar-refractivity contribution < 1.29 is 8.42 Å². The molecule has 2 aromatic rings. The predicted molar refractivity (Wildman–Crippen MR) is 68.5 cm³/mol. The molecule has 0 aliphatic carbocycles. The van der Waals surface area contributed by atoms with Gasteiger partial charge in [-0.15, -0.1) is 11.3 Å². The van der Waals surface area contributed by atoms with Crippen LogP contribution in [0.4, 0.5) is 0 Å². The second-order valence-corrected chi connectivity index (χ2v) is 7.16. The van der Waals surface area contributed by atoms with Crippen LogP contribution >= 0.6 is 11.3 Å². The van der Waals surface area contributed by atoms with Crippen LogP contribution in [0.2, 0.25) is 0 Å². The van der Waals surface area contributed by atoms with Gasteiger partial charge in [0.15, 0.2) is 0 Å². The summed E-state index contributed by atoms with van der Waals surface area (Å²) in [5, 5.41) is 0. The first-order valence-electron chi connectivity index (χ1n) is 5.14. The lowest BCUT2D eigenvalue weighted by Gasteiger charge is -2.02. The lowest BCUT2D eigenvalue weighted by Crippen LogP contribution is -2.22. The van der Waals surface area contributed by atoms with Crippen LogP contribution < -0.4 is 4.72 Å². The monoisotopic (exact) mass is 270 g/mol. The van der Waals surface area contributed by atoms with Crippen molar-refractivity contribution in [2.75, 3.05) is 0 Å². The number of aryl methyl sites for hydroxylation is 2. The van der Waals surface area contributed by atoms with Crippen molar-refractivity contribution in [2.45, 2.75) is 17.7 Å². The van der Waals surface area contributed by atoms with E-state index in [0.29, 0.717) is 10.8 Å². The van der Waals surface area contributed by atoms with E-state index >= 15 is 0 Å². The molecule has 0 aliphatic rings. The molecule has 0 bridgehead atoms. The van der Waals surface area contributed by atoms with Gasteiger partial charge >= 0.3 is 0 Å². The molecule has 92 valence electrons. The molecule has 2 rings (SSSR count). The Labute approximate surface area is 105 Å². The zero-order valence-corrected chi connectivity index (χ0v) is 11.3. The molecule has 0 saturated heterocycles. The summed E-state index contributed by atoms with van der Waals surface area (Å²) >= 11 is 1.28. The average molecular weight is 270 g/mol. The number of aromatic nitrogens is 1. The van der Waals surface area contributed by atoms with Crippen LogP contribution in [0.5, 0.6) is 0 Å². The molecular weight excluding hydrogens is 256 g/mol. The number of hydrogen-bond acceptors (Lipinski definition) is 3. The zero-order chi connectivity index (χ0) is 12.5. The summed E-state index contributed by atoms with van der Waals surface area (Å²) in [6.45, 7) is 2.21. The third-order valence-electron chi connectivity index (χ3n) is 2.34. The third-order valence-corrected chi connectivity index (χ3v) is 5.23. The minimum atomic E-state index is -3.37. The van der Waals surface area contributed by atoms with E-state index in [1.165, 1.54) is 11.3 Å². The van der Waals surface area contributed by atoms with E-state index in [1.54, 1.807) is 6.07 Å². The highest BCUT2D eigenvalue weighted by Gasteiger charge is 2.15. The molecule has 6 heteroatoms. The van der Waals surface area contributed by atoms with Gasteiger partial charge in [0, 0.05) is 30.9 Å². The highest BCUT2D eigenvalue weighted by atomic mass is 32.2. The van der Waals surface area contributed by atoms with E-state index in [4.69, 9.17) is 0 Å². The fourth-order valence-electron chi connectivity index (χ4n) is 1.47. The number of nitrogens with zero attached hydrogens (tertiary/aromatic N) is 1. The van der Waals surface area contributed by atoms with Gasteiger partial charge < -0.3 is 4.57 Å². The minimum Gasteiger partial charge on any atom is -0.357 e. The lowest BCUT2D eigenvalue weighted by atomic mass is 10.4. The predicted octanol–water partition coefficient (Wildman–Crippen LogP) is 1.87. The van der Waals surface area contributed by atoms with Gasteiger partial charge in [-0.25, -0.2) is 13.1 Å². The van der Waals surface area contributed by atoms with E-state index < -0.39 is 10.0 Å². The molecule has 4 nitrogen and oxygen atoms in total. The molecule has 2 heterocycles. The van der Waals surface area contributed by atoms with E-state index in [2.05, 4.69) is 4.72 Å². The molecule has 0 aliphatic heterocycles. The quantitative estimate of drug-likeness (QED) is 0.922. The Balaban J connectivity index is 2.08. The van der Waals surface area contributed by atoms with Gasteiger partial charge in [-0.1, -0.05) is 0 Å². The molecule has 0 unspecified atom stereocenters. The van der Waals surface area contributed by atoms with Crippen LogP contribution in [0.3, 0.4) is 0 Å². The molecule has 0 spiro atoms. The molecule has 0 fully saturated rings. The molecule has 2 aromatic heterocycles. The van der Waals surface area contributed by atoms with Gasteiger partial charge in [0.1, 0.15) is 4.21 Å². The van der Waals surface area contributed by atoms with Gasteiger partial charge in [-0.05, 0) is 30.7 Å². The van der Waals surface area contributed by atoms with Crippen LogP contribution in [0, 0.1) is 6.92 Å². The highest BCUT2D eigenvalue weighted by Crippen LogP contribution is 2.20. The average Bonchev–Trinajstić information content (AvgIpc) is 2.85. The minimum absolute atomic E-state index is 0.320. The molecule has 0 radical (unpaired) electrons. The smallest absolute Gasteiger partial charge is 0.250 e. The zero-order valence-electron chi connectivity index (χ0n) is 9.67. The second-order valence-electron chi connectivity index (χ2n) is 3.87. The Kier molecular flexibility index (Phi) is 3.37. The Morgan fingerprint density at radius 3 is 2.65 bits per heavy atom. The SMILES string of the molecule is Cc1ccc(S(=O)(=O)NCc2ccn(C)c2)s1. The summed E-state index contributed by atoms with van der Waals surface area (Å²) in [5.74, 6) is 0. The summed E-state index contributed by atoms with van der Waals surface area (Å²) in [7, 11) is -1.47. The maximum absolute atomic E-state index is 11.9. The Morgan fingerprint density at radius 2 is 2.12 bits per heavy atom. The van der Waals surface area contributed by atoms with Gasteiger partial charge in [-0.2, -0.15) is 0 Å². The van der Waals surface area contributed by atoms with Crippen LogP contribution in [-0.2, 0) is 23.6 Å². The first-order valence-corrected chi connectivity index (χ1v) is 7.44. The first kappa shape index (κ1) is 12.3. The summed E-state index contributed by atoms with van der Waals surface area (Å²) in [4.78, 5) is 0.991. The van der Waals surface area contributed by atoms with Crippen molar-refractivity contribution in [3.63, 3.8) is 0 Å². The Bertz CT molecular complexity index is 611. The fourth-order valence-corrected chi connectivity index (χ4v) is 3.82. The normalized spacial score (nSPS) is 11.9. The summed E-state index contributed by atoms with van der Waals surface area (Å²) in [6.07, 6.45) is 3.78. The second kappa shape index (κ2) is 4.64. The summed E-state index contributed by atoms with van der Waals surface area (Å²) in [5.41, 5.74) is 0.948. The van der Waals surface area contributed by atoms with Crippen LogP contribution in [0.25, 0.3) is 0 Å². The van der Waals surface area contributed by atoms with Crippen LogP contribution in [0.1, 0.15) is 10.4 Å². The van der Waals surface area contributed by atoms with Crippen molar-refractivity contribution in [1.29, 1.82) is 0 Å². The van der Waals surface area contributed by atoms with Gasteiger partial charge in [0.2, 0.25) is 10.0 Å². The third kappa shape index (κ3) is 2.96. The van der Waals surface area contributed by atoms with E-state index in [9.17, 15) is 8.42 Å². The Hall–Kier alpha value is -1.11. The molecule has 0 atom stereocenters. The van der Waals surface area contributed by atoms with Crippen LogP contribution in [0.15, 0.2) is 34.8 Å². The molecule has 1 N–H and O–H groups in total. The van der Waals surface area contributed by atoms with E-state index in [-0.39, 0.29) is 0 Å². The van der Waals surface area contributed by atoms with Gasteiger partial charge in [-0.3, -0.25) is 0 Å². The van der Waals surface area contributed by atoms with Crippen molar-refractivity contribution in [3.05, 3.63) is 41.0 Å². The highest BCUT2D eigenvalue weighted by molar-refractivity contribution is 7.91. The standard InChI is InChI=1S/C11H14N2O2S2/c1-9-3-4-11(16-9)17(14,15)12-7-10-5-6-13(2)8-10/h3-6,8,12H,7H2,1-2H3. The van der Waals surface area contributed by atoms with E-state index in [0.717, 1.165) is 10.4 Å². The lowest BCUT2D eigenvalue weighted by molar-refractivity contribution is 0.583. The number of nitrogens with one attached hydrogen (secondary N) is 1. The topological polar surface area (TPSA) is 51.1 Å². The molecule has 0 amide bonds. The van der Waals surface area contributed by atoms with Crippen molar-refractivity contribution in [2.24, 2.45) is 7.05 Å². The van der Waals surface area contributed by atoms with Crippen molar-refractivity contribution >= 4 is 21.4 Å². The molecular formula is C11H14N2O2S2. The van der Waals surface area contributed by atoms with Crippen LogP contribution in [-0.4, -0.2) is 13.0 Å². The maximum atomic E-state index is 11.9. The van der Waals surface area contributed by atoms with Gasteiger partial charge in [0.05, 0.1) is 0 Å². The number of sulfonamides is 1.